The van der Waals surface area contributed by atoms with Crippen LogP contribution in [0.25, 0.3) is 0 Å². The lowest BCUT2D eigenvalue weighted by atomic mass is 10.0. The first-order chi connectivity index (χ1) is 7.93. The Morgan fingerprint density at radius 3 is 2.24 bits per heavy atom. The zero-order valence-corrected chi connectivity index (χ0v) is 11.2. The Balaban J connectivity index is 3.41. The van der Waals surface area contributed by atoms with Gasteiger partial charge in [-0.15, -0.1) is 0 Å². The third-order valence-corrected chi connectivity index (χ3v) is 2.94. The molecule has 1 rings (SSSR count). The van der Waals surface area contributed by atoms with E-state index >= 15 is 0 Å². The summed E-state index contributed by atoms with van der Waals surface area (Å²) in [6.45, 7) is 5.94. The van der Waals surface area contributed by atoms with Gasteiger partial charge in [0.05, 0.1) is 19.9 Å². The van der Waals surface area contributed by atoms with E-state index in [1.807, 2.05) is 26.8 Å². The van der Waals surface area contributed by atoms with E-state index < -0.39 is 6.09 Å². The van der Waals surface area contributed by atoms with Crippen molar-refractivity contribution < 1.29 is 14.3 Å². The number of benzene rings is 1. The summed E-state index contributed by atoms with van der Waals surface area (Å²) >= 11 is 0. The summed E-state index contributed by atoms with van der Waals surface area (Å²) < 4.78 is 10.1. The number of carbonyl (C=O) groups is 1. The number of methoxy groups -OCH3 is 2. The number of nitrogens with zero attached hydrogens (tertiary/aromatic N) is 1. The Hall–Kier alpha value is -1.71. The molecule has 94 valence electrons. The first kappa shape index (κ1) is 13.4. The lowest BCUT2D eigenvalue weighted by Gasteiger charge is -2.23. The molecule has 0 atom stereocenters. The molecule has 0 aliphatic carbocycles. The molecule has 0 fully saturated rings. The van der Waals surface area contributed by atoms with Gasteiger partial charge in [-0.05, 0) is 37.5 Å². The number of rotatable bonds is 2. The second kappa shape index (κ2) is 5.08. The molecule has 0 saturated carbocycles. The summed E-state index contributed by atoms with van der Waals surface area (Å²) in [4.78, 5) is 13.0. The minimum absolute atomic E-state index is 0.408. The summed E-state index contributed by atoms with van der Waals surface area (Å²) in [5.41, 5.74) is 3.91. The van der Waals surface area contributed by atoms with E-state index in [1.165, 1.54) is 12.0 Å². The van der Waals surface area contributed by atoms with Gasteiger partial charge in [-0.3, -0.25) is 4.90 Å². The quantitative estimate of drug-likeness (QED) is 0.794. The second-order valence-electron chi connectivity index (χ2n) is 4.05. The van der Waals surface area contributed by atoms with Crippen molar-refractivity contribution in [2.45, 2.75) is 20.8 Å². The molecule has 0 saturated heterocycles. The van der Waals surface area contributed by atoms with E-state index in [2.05, 4.69) is 0 Å². The topological polar surface area (TPSA) is 38.8 Å². The molecule has 0 aliphatic heterocycles. The maximum absolute atomic E-state index is 11.6. The van der Waals surface area contributed by atoms with Crippen molar-refractivity contribution in [3.63, 3.8) is 0 Å². The summed E-state index contributed by atoms with van der Waals surface area (Å²) in [6, 6.07) is 2.03. The van der Waals surface area contributed by atoms with E-state index in [9.17, 15) is 4.79 Å². The van der Waals surface area contributed by atoms with Gasteiger partial charge in [-0.2, -0.15) is 0 Å². The molecule has 0 unspecified atom stereocenters. The third-order valence-electron chi connectivity index (χ3n) is 2.94. The molecule has 0 spiro atoms. The van der Waals surface area contributed by atoms with Crippen LogP contribution in [0.4, 0.5) is 10.5 Å². The fourth-order valence-electron chi connectivity index (χ4n) is 1.93. The van der Waals surface area contributed by atoms with Crippen LogP contribution in [0, 0.1) is 20.8 Å². The normalized spacial score (nSPS) is 10.0. The summed E-state index contributed by atoms with van der Waals surface area (Å²) in [6.07, 6.45) is -0.408. The second-order valence-corrected chi connectivity index (χ2v) is 4.05. The van der Waals surface area contributed by atoms with Crippen LogP contribution in [0.5, 0.6) is 5.75 Å². The van der Waals surface area contributed by atoms with Crippen LogP contribution < -0.4 is 9.64 Å². The fraction of sp³-hybridized carbons (Fsp3) is 0.462. The predicted octanol–water partition coefficient (Wildman–Crippen LogP) is 2.82. The zero-order chi connectivity index (χ0) is 13.2. The molecule has 1 amide bonds. The van der Waals surface area contributed by atoms with Crippen molar-refractivity contribution in [1.29, 1.82) is 0 Å². The Kier molecular flexibility index (Phi) is 3.99. The Morgan fingerprint density at radius 2 is 1.76 bits per heavy atom. The van der Waals surface area contributed by atoms with E-state index in [0.29, 0.717) is 0 Å². The number of hydrogen-bond acceptors (Lipinski definition) is 3. The van der Waals surface area contributed by atoms with Crippen LogP contribution in [0.15, 0.2) is 6.07 Å². The molecule has 0 heterocycles. The summed E-state index contributed by atoms with van der Waals surface area (Å²) in [5, 5.41) is 0. The SMILES string of the molecule is COC(=O)N(C)c1c(C)cc(C)c(C)c1OC. The molecule has 1 aromatic carbocycles. The number of ether oxygens (including phenoxy) is 2. The first-order valence-corrected chi connectivity index (χ1v) is 5.40. The Bertz CT molecular complexity index is 441. The van der Waals surface area contributed by atoms with Gasteiger partial charge in [0.15, 0.2) is 0 Å². The Labute approximate surface area is 102 Å². The summed E-state index contributed by atoms with van der Waals surface area (Å²) in [7, 11) is 4.64. The van der Waals surface area contributed by atoms with Gasteiger partial charge in [-0.25, -0.2) is 4.79 Å². The minimum atomic E-state index is -0.408. The maximum atomic E-state index is 11.6. The van der Waals surface area contributed by atoms with Crippen LogP contribution in [0.2, 0.25) is 0 Å². The number of aryl methyl sites for hydroxylation is 2. The number of hydrogen-bond donors (Lipinski definition) is 0. The van der Waals surface area contributed by atoms with Gasteiger partial charge in [0.2, 0.25) is 0 Å². The van der Waals surface area contributed by atoms with Crippen LogP contribution in [0.3, 0.4) is 0 Å². The van der Waals surface area contributed by atoms with Crippen molar-refractivity contribution in [2.75, 3.05) is 26.2 Å². The average molecular weight is 237 g/mol. The van der Waals surface area contributed by atoms with Gasteiger partial charge in [0.25, 0.3) is 0 Å². The number of anilines is 1. The molecule has 4 heteroatoms. The molecule has 0 radical (unpaired) electrons. The smallest absolute Gasteiger partial charge is 0.413 e. The largest absolute Gasteiger partial charge is 0.494 e. The molecule has 1 aromatic rings. The highest BCUT2D eigenvalue weighted by molar-refractivity contribution is 5.90. The van der Waals surface area contributed by atoms with Crippen molar-refractivity contribution in [2.24, 2.45) is 0 Å². The standard InChI is InChI=1S/C13H19NO3/c1-8-7-9(2)11(12(16-5)10(8)3)14(4)13(15)17-6/h7H,1-6H3. The maximum Gasteiger partial charge on any atom is 0.413 e. The number of carbonyl (C=O) groups excluding carboxylic acids is 1. The molecule has 0 bridgehead atoms. The predicted molar refractivity (Wildman–Crippen MR) is 68.0 cm³/mol. The van der Waals surface area contributed by atoms with Crippen molar-refractivity contribution in [1.82, 2.24) is 0 Å². The zero-order valence-electron chi connectivity index (χ0n) is 11.2. The lowest BCUT2D eigenvalue weighted by Crippen LogP contribution is -2.27. The van der Waals surface area contributed by atoms with Crippen molar-refractivity contribution >= 4 is 11.8 Å². The third kappa shape index (κ3) is 2.35. The monoisotopic (exact) mass is 237 g/mol. The van der Waals surface area contributed by atoms with Gasteiger partial charge in [0.1, 0.15) is 5.75 Å². The molecule has 0 aromatic heterocycles. The van der Waals surface area contributed by atoms with Crippen LogP contribution in [-0.4, -0.2) is 27.4 Å². The van der Waals surface area contributed by atoms with Crippen LogP contribution in [-0.2, 0) is 4.74 Å². The molecule has 0 N–H and O–H groups in total. The highest BCUT2D eigenvalue weighted by Gasteiger charge is 2.20. The van der Waals surface area contributed by atoms with Gasteiger partial charge in [0, 0.05) is 7.05 Å². The molecule has 4 nitrogen and oxygen atoms in total. The lowest BCUT2D eigenvalue weighted by molar-refractivity contribution is 0.180. The fourth-order valence-corrected chi connectivity index (χ4v) is 1.93. The van der Waals surface area contributed by atoms with Crippen molar-refractivity contribution in [3.8, 4) is 5.75 Å². The van der Waals surface area contributed by atoms with Crippen LogP contribution in [0.1, 0.15) is 16.7 Å². The molecule has 0 aliphatic rings. The van der Waals surface area contributed by atoms with Gasteiger partial charge in [-0.1, -0.05) is 6.07 Å². The summed E-state index contributed by atoms with van der Waals surface area (Å²) in [5.74, 6) is 0.718. The molecular formula is C13H19NO3. The van der Waals surface area contributed by atoms with Crippen molar-refractivity contribution in [3.05, 3.63) is 22.8 Å². The highest BCUT2D eigenvalue weighted by Crippen LogP contribution is 2.36. The number of amides is 1. The van der Waals surface area contributed by atoms with Gasteiger partial charge < -0.3 is 9.47 Å². The molecular weight excluding hydrogens is 218 g/mol. The highest BCUT2D eigenvalue weighted by atomic mass is 16.5. The first-order valence-electron chi connectivity index (χ1n) is 5.40. The van der Waals surface area contributed by atoms with E-state index in [0.717, 1.165) is 28.1 Å². The molecule has 17 heavy (non-hydrogen) atoms. The Morgan fingerprint density at radius 1 is 1.18 bits per heavy atom. The average Bonchev–Trinajstić information content (AvgIpc) is 2.31. The van der Waals surface area contributed by atoms with Crippen LogP contribution >= 0.6 is 0 Å². The van der Waals surface area contributed by atoms with E-state index in [4.69, 9.17) is 9.47 Å². The van der Waals surface area contributed by atoms with Gasteiger partial charge >= 0.3 is 6.09 Å². The minimum Gasteiger partial charge on any atom is -0.494 e. The van der Waals surface area contributed by atoms with E-state index in [-0.39, 0.29) is 0 Å². The van der Waals surface area contributed by atoms with E-state index in [1.54, 1.807) is 14.2 Å².